The Morgan fingerprint density at radius 2 is 1.90 bits per heavy atom. The van der Waals surface area contributed by atoms with E-state index in [1.807, 2.05) is 26.0 Å². The quantitative estimate of drug-likeness (QED) is 0.515. The maximum atomic E-state index is 12.2. The number of nitrogens with zero attached hydrogens (tertiary/aromatic N) is 5. The van der Waals surface area contributed by atoms with Crippen molar-refractivity contribution in [3.8, 4) is 6.07 Å². The third kappa shape index (κ3) is 7.05. The lowest BCUT2D eigenvalue weighted by atomic mass is 10.1. The molecule has 1 fully saturated rings. The highest BCUT2D eigenvalue weighted by Gasteiger charge is 2.23. The monoisotopic (exact) mass is 454 g/mol. The van der Waals surface area contributed by atoms with Crippen LogP contribution in [0, 0.1) is 11.3 Å². The van der Waals surface area contributed by atoms with E-state index in [1.54, 1.807) is 12.3 Å². The molecule has 0 radical (unpaired) electrons. The molecule has 3 rings (SSSR count). The average Bonchev–Trinajstić information content (AvgIpc) is 2.80. The van der Waals surface area contributed by atoms with Gasteiger partial charge in [0.2, 0.25) is 0 Å². The summed E-state index contributed by atoms with van der Waals surface area (Å²) in [5.41, 5.74) is 0.867. The summed E-state index contributed by atoms with van der Waals surface area (Å²) in [5, 5.41) is 13.0. The van der Waals surface area contributed by atoms with Gasteiger partial charge in [-0.05, 0) is 25.0 Å². The van der Waals surface area contributed by atoms with Crippen molar-refractivity contribution < 1.29 is 0 Å². The molecular formula is C19H24Cl2N6OS. The molecule has 0 unspecified atom stereocenters. The van der Waals surface area contributed by atoms with E-state index in [0.29, 0.717) is 5.69 Å². The van der Waals surface area contributed by atoms with E-state index < -0.39 is 0 Å². The van der Waals surface area contributed by atoms with Crippen molar-refractivity contribution in [1.82, 2.24) is 19.1 Å². The Labute approximate surface area is 185 Å². The van der Waals surface area contributed by atoms with Gasteiger partial charge in [0.05, 0.1) is 29.1 Å². The molecule has 156 valence electrons. The molecule has 2 aromatic heterocycles. The predicted octanol–water partition coefficient (Wildman–Crippen LogP) is 4.96. The Morgan fingerprint density at radius 1 is 1.24 bits per heavy atom. The number of anilines is 1. The summed E-state index contributed by atoms with van der Waals surface area (Å²) in [6, 6.07) is 5.47. The largest absolute Gasteiger partial charge is 0.315 e. The van der Waals surface area contributed by atoms with Crippen LogP contribution in [0.1, 0.15) is 38.4 Å². The van der Waals surface area contributed by atoms with Gasteiger partial charge in [0.15, 0.2) is 0 Å². The van der Waals surface area contributed by atoms with Crippen molar-refractivity contribution in [1.29, 1.82) is 5.26 Å². The molecule has 1 saturated heterocycles. The Balaban J connectivity index is 0.000000989. The molecule has 0 bridgehead atoms. The van der Waals surface area contributed by atoms with Gasteiger partial charge in [0, 0.05) is 25.2 Å². The van der Waals surface area contributed by atoms with E-state index in [1.165, 1.54) is 23.0 Å². The minimum absolute atomic E-state index is 0.00990. The molecule has 0 amide bonds. The zero-order chi connectivity index (χ0) is 21.8. The maximum Gasteiger partial charge on any atom is 0.287 e. The smallest absolute Gasteiger partial charge is 0.287 e. The van der Waals surface area contributed by atoms with Crippen LogP contribution in [0.15, 0.2) is 42.5 Å². The second-order valence-corrected chi connectivity index (χ2v) is 7.14. The number of pyridine rings is 1. The normalized spacial score (nSPS) is 13.9. The molecule has 10 heteroatoms. The highest BCUT2D eigenvalue weighted by atomic mass is 35.5. The number of piperidine rings is 1. The standard InChI is InChI=1S/C15H14Cl2N6OS.C2H6.C2H4/c16-13-9-20-23(15(24)14(13)17)12-3-5-22(6-4-12)25-21-11-2-1-10(7-18)19-8-11;2*1-2/h1-2,8-9,12,21H,3-6H2;1-2H3;1-2H2. The summed E-state index contributed by atoms with van der Waals surface area (Å²) in [4.78, 5) is 16.2. The first-order chi connectivity index (χ1) is 14.1. The minimum atomic E-state index is -0.345. The molecule has 1 aliphatic rings. The first kappa shape index (κ1) is 25.0. The zero-order valence-corrected chi connectivity index (χ0v) is 18.8. The van der Waals surface area contributed by atoms with Gasteiger partial charge in [-0.3, -0.25) is 4.79 Å². The second kappa shape index (κ2) is 13.2. The van der Waals surface area contributed by atoms with Crippen LogP contribution < -0.4 is 10.3 Å². The minimum Gasteiger partial charge on any atom is -0.315 e. The van der Waals surface area contributed by atoms with Crippen LogP contribution in [0.25, 0.3) is 0 Å². The number of hydrogen-bond donors (Lipinski definition) is 1. The Morgan fingerprint density at radius 3 is 2.45 bits per heavy atom. The molecule has 0 aliphatic carbocycles. The lowest BCUT2D eigenvalue weighted by molar-refractivity contribution is 0.269. The van der Waals surface area contributed by atoms with Gasteiger partial charge in [0.1, 0.15) is 16.8 Å². The number of aromatic nitrogens is 3. The van der Waals surface area contributed by atoms with Gasteiger partial charge in [-0.2, -0.15) is 10.4 Å². The Bertz CT molecular complexity index is 860. The predicted molar refractivity (Wildman–Crippen MR) is 121 cm³/mol. The SMILES string of the molecule is C=C.CC.N#Cc1ccc(NSN2CCC(n3ncc(Cl)c(Cl)c3=O)CC2)cn1. The molecule has 29 heavy (non-hydrogen) atoms. The Hall–Kier alpha value is -2.05. The van der Waals surface area contributed by atoms with E-state index in [9.17, 15) is 4.79 Å². The third-order valence-corrected chi connectivity index (χ3v) is 5.54. The van der Waals surface area contributed by atoms with Gasteiger partial charge in [0.25, 0.3) is 5.56 Å². The number of hydrogen-bond acceptors (Lipinski definition) is 7. The molecule has 0 spiro atoms. The van der Waals surface area contributed by atoms with Crippen LogP contribution in [0.2, 0.25) is 10.0 Å². The fraction of sp³-hybridized carbons (Fsp3) is 0.368. The average molecular weight is 455 g/mol. The van der Waals surface area contributed by atoms with Crippen molar-refractivity contribution in [2.75, 3.05) is 17.8 Å². The second-order valence-electron chi connectivity index (χ2n) is 5.45. The molecule has 1 N–H and O–H groups in total. The molecule has 3 heterocycles. The van der Waals surface area contributed by atoms with Crippen LogP contribution in [-0.4, -0.2) is 32.2 Å². The van der Waals surface area contributed by atoms with Crippen LogP contribution in [0.3, 0.4) is 0 Å². The highest BCUT2D eigenvalue weighted by molar-refractivity contribution is 7.98. The first-order valence-corrected chi connectivity index (χ1v) is 10.6. The molecule has 1 aliphatic heterocycles. The van der Waals surface area contributed by atoms with Crippen molar-refractivity contribution in [2.45, 2.75) is 32.7 Å². The summed E-state index contributed by atoms with van der Waals surface area (Å²) >= 11 is 13.2. The zero-order valence-electron chi connectivity index (χ0n) is 16.4. The van der Waals surface area contributed by atoms with E-state index in [2.05, 4.69) is 32.3 Å². The van der Waals surface area contributed by atoms with E-state index >= 15 is 0 Å². The van der Waals surface area contributed by atoms with Crippen molar-refractivity contribution >= 4 is 41.0 Å². The maximum absolute atomic E-state index is 12.2. The number of nitriles is 1. The van der Waals surface area contributed by atoms with Crippen molar-refractivity contribution in [2.24, 2.45) is 0 Å². The first-order valence-electron chi connectivity index (χ1n) is 9.05. The van der Waals surface area contributed by atoms with Crippen LogP contribution in [0.5, 0.6) is 0 Å². The molecule has 0 atom stereocenters. The molecule has 0 saturated carbocycles. The summed E-state index contributed by atoms with van der Waals surface area (Å²) in [6.45, 7) is 11.6. The fourth-order valence-corrected chi connectivity index (χ4v) is 3.51. The van der Waals surface area contributed by atoms with Gasteiger partial charge < -0.3 is 4.72 Å². The van der Waals surface area contributed by atoms with Crippen molar-refractivity contribution in [3.05, 3.63) is 63.8 Å². The molecule has 2 aromatic rings. The van der Waals surface area contributed by atoms with E-state index in [-0.39, 0.29) is 21.6 Å². The summed E-state index contributed by atoms with van der Waals surface area (Å²) < 4.78 is 6.78. The van der Waals surface area contributed by atoms with E-state index in [4.69, 9.17) is 28.5 Å². The van der Waals surface area contributed by atoms with Gasteiger partial charge in [-0.1, -0.05) is 37.0 Å². The lowest BCUT2D eigenvalue weighted by Crippen LogP contribution is -2.36. The van der Waals surface area contributed by atoms with Gasteiger partial charge in [-0.15, -0.1) is 13.2 Å². The number of halogens is 2. The third-order valence-electron chi connectivity index (χ3n) is 3.84. The van der Waals surface area contributed by atoms with Crippen molar-refractivity contribution in [3.63, 3.8) is 0 Å². The molecule has 0 aromatic carbocycles. The summed E-state index contributed by atoms with van der Waals surface area (Å²) in [6.07, 6.45) is 4.60. The number of nitrogens with one attached hydrogen (secondary N) is 1. The van der Waals surface area contributed by atoms with Crippen LogP contribution >= 0.6 is 35.3 Å². The molecule has 7 nitrogen and oxygen atoms in total. The highest BCUT2D eigenvalue weighted by Crippen LogP contribution is 2.26. The Kier molecular flexibility index (Phi) is 11.4. The summed E-state index contributed by atoms with van der Waals surface area (Å²) in [7, 11) is 0. The fourth-order valence-electron chi connectivity index (χ4n) is 2.50. The summed E-state index contributed by atoms with van der Waals surface area (Å²) in [5.74, 6) is 0. The van der Waals surface area contributed by atoms with Crippen LogP contribution in [-0.2, 0) is 0 Å². The number of rotatable bonds is 4. The van der Waals surface area contributed by atoms with Crippen LogP contribution in [0.4, 0.5) is 5.69 Å². The van der Waals surface area contributed by atoms with Gasteiger partial charge >= 0.3 is 0 Å². The van der Waals surface area contributed by atoms with Gasteiger partial charge in [-0.25, -0.2) is 14.0 Å². The van der Waals surface area contributed by atoms with E-state index in [0.717, 1.165) is 31.6 Å². The topological polar surface area (TPSA) is 86.8 Å². The molecular weight excluding hydrogens is 431 g/mol. The lowest BCUT2D eigenvalue weighted by Gasteiger charge is -2.31.